The Kier molecular flexibility index (Phi) is 7.06. The highest BCUT2D eigenvalue weighted by Gasteiger charge is 2.26. The van der Waals surface area contributed by atoms with Gasteiger partial charge in [-0.05, 0) is 63.5 Å². The fourth-order valence-corrected chi connectivity index (χ4v) is 5.16. The van der Waals surface area contributed by atoms with E-state index in [9.17, 15) is 13.2 Å². The first-order valence-corrected chi connectivity index (χ1v) is 11.9. The number of carbonyl (C=O) groups excluding carboxylic acids is 1. The van der Waals surface area contributed by atoms with Gasteiger partial charge >= 0.3 is 0 Å². The molecule has 3 aromatic rings. The second-order valence-corrected chi connectivity index (χ2v) is 10.1. The molecule has 0 aliphatic heterocycles. The zero-order valence-corrected chi connectivity index (χ0v) is 18.9. The summed E-state index contributed by atoms with van der Waals surface area (Å²) in [5.74, 6) is -0.541. The second kappa shape index (κ2) is 9.55. The molecule has 9 heteroatoms. The molecular weight excluding hydrogens is 422 g/mol. The number of amides is 1. The molecule has 0 atom stereocenters. The molecule has 0 bridgehead atoms. The summed E-state index contributed by atoms with van der Waals surface area (Å²) in [5, 5.41) is 0.518. The van der Waals surface area contributed by atoms with E-state index in [2.05, 4.69) is 4.98 Å². The number of thiazole rings is 1. The highest BCUT2D eigenvalue weighted by molar-refractivity contribution is 7.92. The third kappa shape index (κ3) is 5.35. The molecule has 7 nitrogen and oxygen atoms in total. The number of hydrogen-bond donors (Lipinski definition) is 0. The highest BCUT2D eigenvalue weighted by Crippen LogP contribution is 2.29. The zero-order valence-electron chi connectivity index (χ0n) is 17.2. The van der Waals surface area contributed by atoms with Crippen LogP contribution in [0.2, 0.25) is 0 Å². The van der Waals surface area contributed by atoms with Crippen molar-refractivity contribution in [1.29, 1.82) is 0 Å². The summed E-state index contributed by atoms with van der Waals surface area (Å²) >= 11 is 1.39. The number of para-hydroxylation sites is 1. The number of sulfone groups is 1. The summed E-state index contributed by atoms with van der Waals surface area (Å²) in [7, 11) is 1.63. The third-order valence-corrected chi connectivity index (χ3v) is 7.21. The van der Waals surface area contributed by atoms with E-state index in [4.69, 9.17) is 4.74 Å². The number of benzene rings is 2. The van der Waals surface area contributed by atoms with Crippen LogP contribution in [-0.4, -0.2) is 64.3 Å². The zero-order chi connectivity index (χ0) is 21.7. The minimum atomic E-state index is -3.79. The Labute approximate surface area is 180 Å². The number of methoxy groups -OCH3 is 1. The van der Waals surface area contributed by atoms with E-state index in [1.54, 1.807) is 12.1 Å². The molecule has 1 aromatic heterocycles. The van der Waals surface area contributed by atoms with Crippen molar-refractivity contribution in [2.45, 2.75) is 11.3 Å². The van der Waals surface area contributed by atoms with Gasteiger partial charge < -0.3 is 9.64 Å². The standard InChI is InChI=1S/C21H25N3O4S2/c1-23(2)13-6-14-24(21-22-18-7-4-5-8-19(18)29-21)20(25)15-30(26,27)17-11-9-16(28-3)10-12-17/h4-5,7-12H,6,13-15H2,1-3H3. The van der Waals surface area contributed by atoms with Crippen LogP contribution in [0.25, 0.3) is 10.2 Å². The number of nitrogens with zero attached hydrogens (tertiary/aromatic N) is 3. The largest absolute Gasteiger partial charge is 0.497 e. The predicted octanol–water partition coefficient (Wildman–Crippen LogP) is 3.06. The first-order chi connectivity index (χ1) is 14.3. The lowest BCUT2D eigenvalue weighted by atomic mass is 10.3. The molecule has 0 aliphatic carbocycles. The van der Waals surface area contributed by atoms with Crippen molar-refractivity contribution in [1.82, 2.24) is 9.88 Å². The molecule has 0 aliphatic rings. The van der Waals surface area contributed by atoms with Crippen molar-refractivity contribution in [2.24, 2.45) is 0 Å². The Morgan fingerprint density at radius 3 is 2.40 bits per heavy atom. The van der Waals surface area contributed by atoms with Gasteiger partial charge in [-0.25, -0.2) is 13.4 Å². The summed E-state index contributed by atoms with van der Waals surface area (Å²) in [6.07, 6.45) is 0.706. The van der Waals surface area contributed by atoms with Gasteiger partial charge in [-0.1, -0.05) is 23.5 Å². The number of fused-ring (bicyclic) bond motifs is 1. The summed E-state index contributed by atoms with van der Waals surface area (Å²) in [6, 6.07) is 13.7. The van der Waals surface area contributed by atoms with Crippen LogP contribution >= 0.6 is 11.3 Å². The fourth-order valence-electron chi connectivity index (χ4n) is 2.95. The van der Waals surface area contributed by atoms with Crippen molar-refractivity contribution in [3.05, 3.63) is 48.5 Å². The molecule has 1 heterocycles. The number of carbonyl (C=O) groups is 1. The number of anilines is 1. The maximum Gasteiger partial charge on any atom is 0.244 e. The maximum absolute atomic E-state index is 13.1. The van der Waals surface area contributed by atoms with Gasteiger partial charge in [-0.3, -0.25) is 9.69 Å². The average molecular weight is 448 g/mol. The van der Waals surface area contributed by atoms with Crippen LogP contribution in [0.5, 0.6) is 5.75 Å². The molecule has 0 saturated heterocycles. The number of ether oxygens (including phenoxy) is 1. The normalized spacial score (nSPS) is 11.7. The molecule has 0 radical (unpaired) electrons. The molecule has 0 spiro atoms. The van der Waals surface area contributed by atoms with E-state index in [0.29, 0.717) is 23.8 Å². The van der Waals surface area contributed by atoms with Crippen LogP contribution < -0.4 is 9.64 Å². The lowest BCUT2D eigenvalue weighted by Crippen LogP contribution is -2.37. The third-order valence-electron chi connectivity index (χ3n) is 4.53. The molecule has 1 amide bonds. The van der Waals surface area contributed by atoms with Gasteiger partial charge in [0.1, 0.15) is 11.5 Å². The molecule has 0 saturated carbocycles. The maximum atomic E-state index is 13.1. The van der Waals surface area contributed by atoms with E-state index in [1.807, 2.05) is 43.3 Å². The molecule has 30 heavy (non-hydrogen) atoms. The van der Waals surface area contributed by atoms with Crippen LogP contribution in [0.4, 0.5) is 5.13 Å². The topological polar surface area (TPSA) is 79.8 Å². The minimum Gasteiger partial charge on any atom is -0.497 e. The Morgan fingerprint density at radius 2 is 1.77 bits per heavy atom. The van der Waals surface area contributed by atoms with Gasteiger partial charge in [0.2, 0.25) is 5.91 Å². The van der Waals surface area contributed by atoms with Gasteiger partial charge in [-0.2, -0.15) is 0 Å². The Hall–Kier alpha value is -2.49. The van der Waals surface area contributed by atoms with Crippen LogP contribution in [0, 0.1) is 0 Å². The van der Waals surface area contributed by atoms with Crippen LogP contribution in [-0.2, 0) is 14.6 Å². The molecular formula is C21H25N3O4S2. The summed E-state index contributed by atoms with van der Waals surface area (Å²) in [5.41, 5.74) is 0.793. The summed E-state index contributed by atoms with van der Waals surface area (Å²) < 4.78 is 31.7. The smallest absolute Gasteiger partial charge is 0.244 e. The molecule has 0 fully saturated rings. The van der Waals surface area contributed by atoms with E-state index >= 15 is 0 Å². The van der Waals surface area contributed by atoms with Crippen LogP contribution in [0.15, 0.2) is 53.4 Å². The van der Waals surface area contributed by atoms with E-state index in [1.165, 1.54) is 35.5 Å². The van der Waals surface area contributed by atoms with Crippen molar-refractivity contribution in [2.75, 3.05) is 44.9 Å². The van der Waals surface area contributed by atoms with Crippen LogP contribution in [0.3, 0.4) is 0 Å². The second-order valence-electron chi connectivity index (χ2n) is 7.10. The fraction of sp³-hybridized carbons (Fsp3) is 0.333. The van der Waals surface area contributed by atoms with E-state index < -0.39 is 21.5 Å². The molecule has 0 N–H and O–H groups in total. The van der Waals surface area contributed by atoms with Crippen LogP contribution in [0.1, 0.15) is 6.42 Å². The van der Waals surface area contributed by atoms with Gasteiger partial charge in [0.25, 0.3) is 0 Å². The number of rotatable bonds is 9. The predicted molar refractivity (Wildman–Crippen MR) is 120 cm³/mol. The molecule has 0 unspecified atom stereocenters. The van der Waals surface area contributed by atoms with Gasteiger partial charge in [0, 0.05) is 6.54 Å². The van der Waals surface area contributed by atoms with Crippen molar-refractivity contribution in [3.8, 4) is 5.75 Å². The Morgan fingerprint density at radius 1 is 1.07 bits per heavy atom. The van der Waals surface area contributed by atoms with E-state index in [-0.39, 0.29) is 4.90 Å². The quantitative estimate of drug-likeness (QED) is 0.502. The summed E-state index contributed by atoms with van der Waals surface area (Å²) in [6.45, 7) is 1.18. The van der Waals surface area contributed by atoms with Crippen molar-refractivity contribution in [3.63, 3.8) is 0 Å². The Balaban J connectivity index is 1.84. The number of aromatic nitrogens is 1. The van der Waals surface area contributed by atoms with E-state index in [0.717, 1.165) is 16.8 Å². The highest BCUT2D eigenvalue weighted by atomic mass is 32.2. The first-order valence-electron chi connectivity index (χ1n) is 9.47. The average Bonchev–Trinajstić information content (AvgIpc) is 3.14. The Bertz CT molecular complexity index is 1080. The van der Waals surface area contributed by atoms with Gasteiger partial charge in [0.15, 0.2) is 15.0 Å². The van der Waals surface area contributed by atoms with Gasteiger partial charge in [-0.15, -0.1) is 0 Å². The summed E-state index contributed by atoms with van der Waals surface area (Å²) in [4.78, 5) is 21.2. The lowest BCUT2D eigenvalue weighted by molar-refractivity contribution is -0.116. The van der Waals surface area contributed by atoms with Crippen molar-refractivity contribution >= 4 is 42.4 Å². The number of hydrogen-bond acceptors (Lipinski definition) is 7. The lowest BCUT2D eigenvalue weighted by Gasteiger charge is -2.21. The molecule has 160 valence electrons. The van der Waals surface area contributed by atoms with Crippen molar-refractivity contribution < 1.29 is 17.9 Å². The molecule has 3 rings (SSSR count). The minimum absolute atomic E-state index is 0.0918. The van der Waals surface area contributed by atoms with Gasteiger partial charge in [0.05, 0.1) is 22.2 Å². The SMILES string of the molecule is COc1ccc(S(=O)(=O)CC(=O)N(CCCN(C)C)c2nc3ccccc3s2)cc1. The molecule has 2 aromatic carbocycles. The monoisotopic (exact) mass is 447 g/mol. The first kappa shape index (κ1) is 22.2.